The molecule has 0 radical (unpaired) electrons. The smallest absolute Gasteiger partial charge is 0.194 e. The van der Waals surface area contributed by atoms with Crippen LogP contribution in [0, 0.1) is 5.92 Å². The van der Waals surface area contributed by atoms with Crippen LogP contribution in [-0.2, 0) is 0 Å². The molecular weight excluding hydrogens is 164 g/mol. The zero-order chi connectivity index (χ0) is 9.26. The molecule has 0 spiro atoms. The Morgan fingerprint density at radius 2 is 2.54 bits per heavy atom. The number of guanidine groups is 1. The third-order valence-corrected chi connectivity index (χ3v) is 2.92. The summed E-state index contributed by atoms with van der Waals surface area (Å²) in [6, 6.07) is 0.595. The van der Waals surface area contributed by atoms with Gasteiger partial charge in [-0.15, -0.1) is 0 Å². The van der Waals surface area contributed by atoms with E-state index < -0.39 is 0 Å². The molecular formula is C9H18N4. The van der Waals surface area contributed by atoms with Crippen molar-refractivity contribution in [2.24, 2.45) is 16.6 Å². The summed E-state index contributed by atoms with van der Waals surface area (Å²) < 4.78 is 0. The van der Waals surface area contributed by atoms with Crippen LogP contribution < -0.4 is 11.1 Å². The summed E-state index contributed by atoms with van der Waals surface area (Å²) in [5, 5.41) is 3.31. The molecule has 13 heavy (non-hydrogen) atoms. The van der Waals surface area contributed by atoms with E-state index in [2.05, 4.69) is 22.1 Å². The number of nitrogens with zero attached hydrogens (tertiary/aromatic N) is 2. The molecule has 2 atom stereocenters. The molecule has 1 fully saturated rings. The van der Waals surface area contributed by atoms with Crippen molar-refractivity contribution in [2.45, 2.75) is 19.4 Å². The third kappa shape index (κ3) is 1.63. The molecule has 0 saturated carbocycles. The van der Waals surface area contributed by atoms with Gasteiger partial charge in [0.25, 0.3) is 0 Å². The quantitative estimate of drug-likeness (QED) is 0.581. The Labute approximate surface area is 79.2 Å². The molecule has 4 heteroatoms. The first-order valence-corrected chi connectivity index (χ1v) is 5.06. The number of nitrogens with one attached hydrogen (secondary N) is 1. The number of hydrogen-bond acceptors (Lipinski definition) is 4. The SMILES string of the molecule is CC1CC(CN)CN1C1=NCCN1. The lowest BCUT2D eigenvalue weighted by Gasteiger charge is -2.23. The topological polar surface area (TPSA) is 53.6 Å². The fraction of sp³-hybridized carbons (Fsp3) is 0.889. The predicted octanol–water partition coefficient (Wildman–Crippen LogP) is -0.385. The molecule has 1 saturated heterocycles. The summed E-state index contributed by atoms with van der Waals surface area (Å²) in [6.45, 7) is 6.04. The number of likely N-dealkylation sites (tertiary alicyclic amines) is 1. The molecule has 2 heterocycles. The minimum atomic E-state index is 0.595. The fourth-order valence-electron chi connectivity index (χ4n) is 2.19. The van der Waals surface area contributed by atoms with E-state index in [-0.39, 0.29) is 0 Å². The van der Waals surface area contributed by atoms with Crippen LogP contribution >= 0.6 is 0 Å². The first-order chi connectivity index (χ1) is 6.31. The zero-order valence-electron chi connectivity index (χ0n) is 8.16. The van der Waals surface area contributed by atoms with Crippen LogP contribution in [0.25, 0.3) is 0 Å². The monoisotopic (exact) mass is 182 g/mol. The van der Waals surface area contributed by atoms with Crippen LogP contribution in [0.2, 0.25) is 0 Å². The molecule has 0 aromatic rings. The number of nitrogens with two attached hydrogens (primary N) is 1. The summed E-state index contributed by atoms with van der Waals surface area (Å²) >= 11 is 0. The van der Waals surface area contributed by atoms with Crippen LogP contribution in [0.15, 0.2) is 4.99 Å². The predicted molar refractivity (Wildman–Crippen MR) is 53.6 cm³/mol. The molecule has 2 aliphatic heterocycles. The largest absolute Gasteiger partial charge is 0.354 e. The average Bonchev–Trinajstić information content (AvgIpc) is 2.72. The Morgan fingerprint density at radius 1 is 1.69 bits per heavy atom. The van der Waals surface area contributed by atoms with Crippen molar-refractivity contribution in [1.82, 2.24) is 10.2 Å². The highest BCUT2D eigenvalue weighted by Crippen LogP contribution is 2.22. The van der Waals surface area contributed by atoms with Crippen LogP contribution in [0.3, 0.4) is 0 Å². The maximum atomic E-state index is 5.67. The van der Waals surface area contributed by atoms with Gasteiger partial charge in [-0.2, -0.15) is 0 Å². The van der Waals surface area contributed by atoms with E-state index in [0.29, 0.717) is 12.0 Å². The minimum Gasteiger partial charge on any atom is -0.354 e. The van der Waals surface area contributed by atoms with Crippen molar-refractivity contribution >= 4 is 5.96 Å². The highest BCUT2D eigenvalue weighted by atomic mass is 15.3. The molecule has 4 nitrogen and oxygen atoms in total. The summed E-state index contributed by atoms with van der Waals surface area (Å²) in [7, 11) is 0. The first-order valence-electron chi connectivity index (χ1n) is 5.06. The molecule has 74 valence electrons. The molecule has 3 N–H and O–H groups in total. The second-order valence-corrected chi connectivity index (χ2v) is 3.97. The van der Waals surface area contributed by atoms with Gasteiger partial charge in [-0.1, -0.05) is 0 Å². The average molecular weight is 182 g/mol. The summed E-state index contributed by atoms with van der Waals surface area (Å²) in [5.41, 5.74) is 5.67. The lowest BCUT2D eigenvalue weighted by molar-refractivity contribution is 0.400. The minimum absolute atomic E-state index is 0.595. The van der Waals surface area contributed by atoms with Crippen LogP contribution in [-0.4, -0.2) is 43.1 Å². The van der Waals surface area contributed by atoms with Gasteiger partial charge < -0.3 is 16.0 Å². The van der Waals surface area contributed by atoms with Gasteiger partial charge in [0.05, 0.1) is 6.54 Å². The van der Waals surface area contributed by atoms with Gasteiger partial charge in [-0.3, -0.25) is 4.99 Å². The second-order valence-electron chi connectivity index (χ2n) is 3.97. The van der Waals surface area contributed by atoms with E-state index >= 15 is 0 Å². The van der Waals surface area contributed by atoms with E-state index in [0.717, 1.165) is 32.1 Å². The normalized spacial score (nSPS) is 33.4. The number of aliphatic imine (C=N–C) groups is 1. The Bertz CT molecular complexity index is 214. The first kappa shape index (κ1) is 8.81. The Balaban J connectivity index is 1.99. The molecule has 0 amide bonds. The highest BCUT2D eigenvalue weighted by molar-refractivity contribution is 5.82. The Kier molecular flexibility index (Phi) is 2.40. The van der Waals surface area contributed by atoms with Gasteiger partial charge in [-0.25, -0.2) is 0 Å². The molecule has 2 unspecified atom stereocenters. The van der Waals surface area contributed by atoms with Crippen molar-refractivity contribution in [1.29, 1.82) is 0 Å². The number of hydrogen-bond donors (Lipinski definition) is 2. The maximum absolute atomic E-state index is 5.67. The van der Waals surface area contributed by atoms with E-state index in [9.17, 15) is 0 Å². The van der Waals surface area contributed by atoms with Gasteiger partial charge in [0.2, 0.25) is 0 Å². The van der Waals surface area contributed by atoms with E-state index in [1.807, 2.05) is 0 Å². The highest BCUT2D eigenvalue weighted by Gasteiger charge is 2.30. The maximum Gasteiger partial charge on any atom is 0.194 e. The van der Waals surface area contributed by atoms with E-state index in [1.165, 1.54) is 6.42 Å². The van der Waals surface area contributed by atoms with Crippen LogP contribution in [0.1, 0.15) is 13.3 Å². The van der Waals surface area contributed by atoms with Gasteiger partial charge in [0.15, 0.2) is 5.96 Å². The summed E-state index contributed by atoms with van der Waals surface area (Å²) in [6.07, 6.45) is 1.21. The zero-order valence-corrected chi connectivity index (χ0v) is 8.16. The van der Waals surface area contributed by atoms with E-state index in [1.54, 1.807) is 0 Å². The Morgan fingerprint density at radius 3 is 3.08 bits per heavy atom. The van der Waals surface area contributed by atoms with E-state index in [4.69, 9.17) is 5.73 Å². The van der Waals surface area contributed by atoms with Crippen molar-refractivity contribution in [3.8, 4) is 0 Å². The van der Waals surface area contributed by atoms with Crippen molar-refractivity contribution < 1.29 is 0 Å². The van der Waals surface area contributed by atoms with Gasteiger partial charge in [0, 0.05) is 19.1 Å². The second kappa shape index (κ2) is 3.54. The fourth-order valence-corrected chi connectivity index (χ4v) is 2.19. The van der Waals surface area contributed by atoms with Gasteiger partial charge >= 0.3 is 0 Å². The summed E-state index contributed by atoms with van der Waals surface area (Å²) in [4.78, 5) is 6.78. The molecule has 0 bridgehead atoms. The van der Waals surface area contributed by atoms with Crippen molar-refractivity contribution in [2.75, 3.05) is 26.2 Å². The Hall–Kier alpha value is -0.770. The molecule has 2 aliphatic rings. The lowest BCUT2D eigenvalue weighted by Crippen LogP contribution is -2.41. The molecule has 2 rings (SSSR count). The van der Waals surface area contributed by atoms with Crippen LogP contribution in [0.4, 0.5) is 0 Å². The lowest BCUT2D eigenvalue weighted by atomic mass is 10.1. The van der Waals surface area contributed by atoms with Crippen molar-refractivity contribution in [3.63, 3.8) is 0 Å². The molecule has 0 aliphatic carbocycles. The molecule has 0 aromatic carbocycles. The van der Waals surface area contributed by atoms with Crippen molar-refractivity contribution in [3.05, 3.63) is 0 Å². The third-order valence-electron chi connectivity index (χ3n) is 2.92. The van der Waals surface area contributed by atoms with Gasteiger partial charge in [0.1, 0.15) is 0 Å². The molecule has 0 aromatic heterocycles. The van der Waals surface area contributed by atoms with Gasteiger partial charge in [-0.05, 0) is 25.8 Å². The standard InChI is InChI=1S/C9H18N4/c1-7-4-8(5-10)6-13(7)9-11-2-3-12-9/h7-8H,2-6,10H2,1H3,(H,11,12). The van der Waals surface area contributed by atoms with Crippen LogP contribution in [0.5, 0.6) is 0 Å². The number of rotatable bonds is 1. The summed E-state index contributed by atoms with van der Waals surface area (Å²) in [5.74, 6) is 1.74.